The zero-order chi connectivity index (χ0) is 55.7. The summed E-state index contributed by atoms with van der Waals surface area (Å²) < 4.78 is 195. The Morgan fingerprint density at radius 1 is 0.439 bits per heavy atom. The fourth-order valence-corrected chi connectivity index (χ4v) is 7.42. The van der Waals surface area contributed by atoms with E-state index >= 15 is 0 Å². The third-order valence-corrected chi connectivity index (χ3v) is 9.76. The quantitative estimate of drug-likeness (QED) is 0.176. The number of furan rings is 1. The van der Waals surface area contributed by atoms with Gasteiger partial charge in [0.2, 0.25) is 5.95 Å². The van der Waals surface area contributed by atoms with Crippen LogP contribution in [-0.2, 0) is 0 Å². The minimum Gasteiger partial charge on any atom is -0.455 e. The highest BCUT2D eigenvalue weighted by Crippen LogP contribution is 2.43. The van der Waals surface area contributed by atoms with E-state index in [9.17, 15) is 4.11 Å². The maximum Gasteiger partial charge on any atom is 0.238 e. The fourth-order valence-electron chi connectivity index (χ4n) is 7.42. The predicted octanol–water partition coefficient (Wildman–Crippen LogP) is 13.0. The van der Waals surface area contributed by atoms with Gasteiger partial charge in [0.1, 0.15) is 11.2 Å². The van der Waals surface area contributed by atoms with Gasteiger partial charge in [-0.2, -0.15) is 9.97 Å². The van der Waals surface area contributed by atoms with Crippen LogP contribution in [0.4, 0.5) is 0 Å². The number of para-hydroxylation sites is 3. The molecule has 57 heavy (non-hydrogen) atoms. The van der Waals surface area contributed by atoms with E-state index in [1.54, 1.807) is 60.7 Å². The van der Waals surface area contributed by atoms with Crippen molar-refractivity contribution in [3.63, 3.8) is 0 Å². The van der Waals surface area contributed by atoms with Crippen LogP contribution in [0.2, 0.25) is 0 Å². The fraction of sp³-hybridized carbons (Fsp3) is 0. The molecule has 0 N–H and O–H groups in total. The maximum atomic E-state index is 10.00. The number of aromatic nitrogens is 5. The molecule has 0 fully saturated rings. The summed E-state index contributed by atoms with van der Waals surface area (Å²) in [7, 11) is 0. The maximum absolute atomic E-state index is 10.00. The Kier molecular flexibility index (Phi) is 3.75. The van der Waals surface area contributed by atoms with Gasteiger partial charge in [0, 0.05) is 55.1 Å². The number of fused-ring (bicyclic) bond motifs is 10. The smallest absolute Gasteiger partial charge is 0.238 e. The van der Waals surface area contributed by atoms with Gasteiger partial charge in [-0.25, -0.2) is 4.98 Å². The molecule has 0 spiro atoms. The molecule has 0 saturated carbocycles. The minimum atomic E-state index is -0.753. The van der Waals surface area contributed by atoms with Crippen molar-refractivity contribution in [1.82, 2.24) is 24.1 Å². The van der Waals surface area contributed by atoms with Crippen molar-refractivity contribution in [2.24, 2.45) is 0 Å². The lowest BCUT2D eigenvalue weighted by molar-refractivity contribution is 0.669. The number of nitrogens with zero attached hydrogens (tertiary/aromatic N) is 5. The zero-order valence-electron chi connectivity index (χ0n) is 49.9. The van der Waals surface area contributed by atoms with Crippen LogP contribution < -0.4 is 0 Å². The van der Waals surface area contributed by atoms with Crippen LogP contribution in [0.5, 0.6) is 0 Å². The molecule has 0 radical (unpaired) electrons. The molecule has 4 aromatic heterocycles. The average Bonchev–Trinajstić information content (AvgIpc) is 4.31. The van der Waals surface area contributed by atoms with Crippen LogP contribution in [0.3, 0.4) is 0 Å². The lowest BCUT2D eigenvalue weighted by atomic mass is 10.0. The van der Waals surface area contributed by atoms with Gasteiger partial charge in [0.25, 0.3) is 0 Å². The predicted molar refractivity (Wildman–Crippen MR) is 232 cm³/mol. The molecule has 0 aliphatic heterocycles. The van der Waals surface area contributed by atoms with Crippen molar-refractivity contribution in [2.75, 3.05) is 0 Å². The third kappa shape index (κ3) is 4.81. The van der Waals surface area contributed by atoms with Gasteiger partial charge in [-0.3, -0.25) is 4.57 Å². The standard InChI is InChI=1S/C51H31N5O/c1-4-15-32(16-5-1)36-23-14-24-42-39-28-27-35(31-45(39)57-48(36)42)55-43-25-12-10-21-37(43)40-29-30-41-38-22-11-13-26-44(38)56(47(41)46(40)55)51-53-49(33-17-6-2-7-18-33)52-50(54-51)34-19-8-3-9-20-34/h1-31H/i1D,2D,3D,4D,5D,6D,7D,8D,9D,14D,15D,16D,17D,18D,19D,20D,23D,24D,27D,28D,31D. The summed E-state index contributed by atoms with van der Waals surface area (Å²) in [6.45, 7) is 0. The summed E-state index contributed by atoms with van der Waals surface area (Å²) in [4.78, 5) is 14.0. The summed E-state index contributed by atoms with van der Waals surface area (Å²) in [5, 5.41) is 1.52. The summed E-state index contributed by atoms with van der Waals surface area (Å²) in [6, 6.07) is 2.66. The second-order valence-corrected chi connectivity index (χ2v) is 12.8. The Bertz CT molecular complexity index is 4600. The molecular formula is C51H31N5O. The van der Waals surface area contributed by atoms with E-state index in [1.165, 1.54) is 9.13 Å². The van der Waals surface area contributed by atoms with Crippen LogP contribution in [0, 0.1) is 0 Å². The Morgan fingerprint density at radius 2 is 1.00 bits per heavy atom. The van der Waals surface area contributed by atoms with Crippen LogP contribution in [-0.4, -0.2) is 24.1 Å². The van der Waals surface area contributed by atoms with E-state index in [1.807, 2.05) is 0 Å². The Hall–Kier alpha value is -7.83. The molecule has 12 aromatic rings. The van der Waals surface area contributed by atoms with Crippen molar-refractivity contribution in [1.29, 1.82) is 0 Å². The topological polar surface area (TPSA) is 61.7 Å². The number of rotatable bonds is 5. The lowest BCUT2D eigenvalue weighted by Gasteiger charge is -2.13. The summed E-state index contributed by atoms with van der Waals surface area (Å²) in [5.41, 5.74) is -1.82. The first-order chi connectivity index (χ1) is 37.0. The molecule has 0 bridgehead atoms. The molecule has 0 atom stereocenters. The Labute approximate surface area is 356 Å². The lowest BCUT2D eigenvalue weighted by Crippen LogP contribution is -2.07. The first-order valence-electron chi connectivity index (χ1n) is 27.9. The average molecular weight is 751 g/mol. The van der Waals surface area contributed by atoms with E-state index in [0.717, 1.165) is 0 Å². The van der Waals surface area contributed by atoms with E-state index in [0.29, 0.717) is 32.6 Å². The first-order valence-corrected chi connectivity index (χ1v) is 17.4. The zero-order valence-corrected chi connectivity index (χ0v) is 28.9. The highest BCUT2D eigenvalue weighted by atomic mass is 16.3. The first kappa shape index (κ1) is 17.3. The van der Waals surface area contributed by atoms with Crippen LogP contribution in [0.15, 0.2) is 192 Å². The molecule has 12 rings (SSSR count). The molecule has 6 heteroatoms. The summed E-state index contributed by atoms with van der Waals surface area (Å²) >= 11 is 0. The van der Waals surface area contributed by atoms with Gasteiger partial charge in [-0.05, 0) is 29.8 Å². The van der Waals surface area contributed by atoms with E-state index < -0.39 is 172 Å². The molecule has 0 aliphatic carbocycles. The molecule has 8 aromatic carbocycles. The monoisotopic (exact) mass is 750 g/mol. The highest BCUT2D eigenvalue weighted by molar-refractivity contribution is 6.24. The molecule has 0 aliphatic rings. The van der Waals surface area contributed by atoms with Crippen molar-refractivity contribution < 1.29 is 33.2 Å². The van der Waals surface area contributed by atoms with Crippen molar-refractivity contribution in [3.8, 4) is 45.5 Å². The van der Waals surface area contributed by atoms with Crippen LogP contribution >= 0.6 is 0 Å². The van der Waals surface area contributed by atoms with Gasteiger partial charge in [-0.15, -0.1) is 0 Å². The molecular weight excluding hydrogens is 699 g/mol. The van der Waals surface area contributed by atoms with E-state index in [2.05, 4.69) is 4.98 Å². The van der Waals surface area contributed by atoms with Crippen molar-refractivity contribution in [2.45, 2.75) is 0 Å². The van der Waals surface area contributed by atoms with Gasteiger partial charge < -0.3 is 8.98 Å². The van der Waals surface area contributed by atoms with Gasteiger partial charge in [-0.1, -0.05) is 157 Å². The largest absolute Gasteiger partial charge is 0.455 e. The second kappa shape index (κ2) is 12.3. The molecule has 0 saturated heterocycles. The molecule has 0 unspecified atom stereocenters. The summed E-state index contributed by atoms with van der Waals surface area (Å²) in [5.74, 6) is -1.40. The number of hydrogen-bond donors (Lipinski definition) is 0. The highest BCUT2D eigenvalue weighted by Gasteiger charge is 2.24. The van der Waals surface area contributed by atoms with E-state index in [4.69, 9.17) is 39.1 Å². The Balaban J connectivity index is 1.25. The Morgan fingerprint density at radius 3 is 1.63 bits per heavy atom. The molecule has 4 heterocycles. The SMILES string of the molecule is [2H]c1c([2H])c([2H])c(-c2nc(-c3c([2H])c([2H])c([2H])c([2H])c3[2H])nc(-n3c4ccccc4c4ccc5c6ccccc6n(-c6c([2H])c([2H])c7c(oc8c(-c9c([2H])c([2H])c([2H])c([2H])c9[2H])c([2H])c([2H])c([2H])c87)c6[2H])c5c43)n2)c([2H])c1[2H]. The van der Waals surface area contributed by atoms with Crippen molar-refractivity contribution >= 4 is 65.6 Å². The summed E-state index contributed by atoms with van der Waals surface area (Å²) in [6.07, 6.45) is 0. The number of benzene rings is 8. The van der Waals surface area contributed by atoms with Crippen LogP contribution in [0.1, 0.15) is 28.8 Å². The molecule has 6 nitrogen and oxygen atoms in total. The third-order valence-electron chi connectivity index (χ3n) is 9.76. The molecule has 266 valence electrons. The van der Waals surface area contributed by atoms with Gasteiger partial charge >= 0.3 is 0 Å². The van der Waals surface area contributed by atoms with E-state index in [-0.39, 0.29) is 33.4 Å². The van der Waals surface area contributed by atoms with Gasteiger partial charge in [0.15, 0.2) is 11.6 Å². The minimum absolute atomic E-state index is 0.249. The van der Waals surface area contributed by atoms with Gasteiger partial charge in [0.05, 0.1) is 56.5 Å². The second-order valence-electron chi connectivity index (χ2n) is 12.8. The molecule has 0 amide bonds. The van der Waals surface area contributed by atoms with Crippen LogP contribution in [0.25, 0.3) is 111 Å². The van der Waals surface area contributed by atoms with Crippen molar-refractivity contribution in [3.05, 3.63) is 188 Å². The normalized spacial score (nSPS) is 17.0. The number of hydrogen-bond acceptors (Lipinski definition) is 4.